The monoisotopic (exact) mass is 1720 g/mol. The average molecular weight is 1720 g/mol. The van der Waals surface area contributed by atoms with Crippen molar-refractivity contribution in [3.05, 3.63) is 152 Å². The van der Waals surface area contributed by atoms with Crippen LogP contribution in [-0.2, 0) is 60.2 Å². The van der Waals surface area contributed by atoms with Crippen molar-refractivity contribution in [2.24, 2.45) is 29.6 Å². The second-order valence-corrected chi connectivity index (χ2v) is 33.9. The van der Waals surface area contributed by atoms with E-state index in [0.29, 0.717) is 55.1 Å². The van der Waals surface area contributed by atoms with Crippen LogP contribution in [-0.4, -0.2) is 203 Å². The number of alkyl carbamates (subject to hydrolysis) is 1. The van der Waals surface area contributed by atoms with Gasteiger partial charge in [-0.2, -0.15) is 0 Å². The maximum Gasteiger partial charge on any atom is 0.407 e. The molecule has 12 aliphatic rings. The van der Waals surface area contributed by atoms with E-state index >= 15 is 33.6 Å². The molecule has 36 heteroatoms. The van der Waals surface area contributed by atoms with Crippen molar-refractivity contribution in [2.45, 2.75) is 183 Å². The van der Waals surface area contributed by atoms with Gasteiger partial charge in [0.05, 0.1) is 24.0 Å². The zero-order chi connectivity index (χ0) is 87.1. The molecule has 14 unspecified atom stereocenters. The number of aromatic hydroxyl groups is 1. The Morgan fingerprint density at radius 3 is 1.93 bits per heavy atom. The fourth-order valence-electron chi connectivity index (χ4n) is 18.6. The number of phenolic OH excluding ortho intramolecular Hbond substituents is 1. The minimum Gasteiger partial charge on any atom is -0.508 e. The van der Waals surface area contributed by atoms with Gasteiger partial charge in [-0.05, 0) is 212 Å². The first-order chi connectivity index (χ1) is 58.9. The maximum absolute atomic E-state index is 16.7. The van der Waals surface area contributed by atoms with Crippen LogP contribution >= 0.6 is 11.6 Å². The lowest BCUT2D eigenvalue weighted by atomic mass is 9.54. The van der Waals surface area contributed by atoms with Gasteiger partial charge in [-0.25, -0.2) is 4.79 Å². The lowest BCUT2D eigenvalue weighted by Crippen LogP contribution is -2.65. The molecule has 7 heterocycles. The average Bonchev–Trinajstić information content (AvgIpc) is 1.57. The molecule has 2 saturated heterocycles. The smallest absolute Gasteiger partial charge is 0.407 e. The van der Waals surface area contributed by atoms with Crippen LogP contribution in [0.4, 0.5) is 4.79 Å². The topological polar surface area (TPSA) is 504 Å². The molecule has 18 rings (SSSR count). The summed E-state index contributed by atoms with van der Waals surface area (Å²) in [4.78, 5) is 138. The summed E-state index contributed by atoms with van der Waals surface area (Å²) in [5.41, 5.74) is -0.926. The molecule has 7 aliphatic heterocycles. The molecule has 4 saturated carbocycles. The van der Waals surface area contributed by atoms with Crippen LogP contribution < -0.4 is 87.5 Å². The number of amides is 9. The van der Waals surface area contributed by atoms with Crippen LogP contribution in [0.3, 0.4) is 0 Å². The number of fused-ring (bicyclic) bond motifs is 13. The summed E-state index contributed by atoms with van der Waals surface area (Å²) in [6.45, 7) is 11.5. The van der Waals surface area contributed by atoms with Crippen molar-refractivity contribution in [1.29, 1.82) is 0 Å². The lowest BCUT2D eigenvalue weighted by molar-refractivity contribution is -0.275. The summed E-state index contributed by atoms with van der Waals surface area (Å²) in [6.07, 6.45) is -9.73. The quantitative estimate of drug-likeness (QED) is 0.0324. The molecular formula is C87H103ClN12O23. The zero-order valence-corrected chi connectivity index (χ0v) is 69.2. The largest absolute Gasteiger partial charge is 0.508 e. The minimum atomic E-state index is -2.96. The van der Waals surface area contributed by atoms with E-state index in [-0.39, 0.29) is 129 Å². The number of ether oxygens (including phenoxy) is 7. The summed E-state index contributed by atoms with van der Waals surface area (Å²) in [5.74, 6) is -12.4. The van der Waals surface area contributed by atoms with Crippen LogP contribution in [0, 0.1) is 36.5 Å². The number of nitrogens with one attached hydrogen (secondary N) is 12. The second-order valence-electron chi connectivity index (χ2n) is 33.5. The number of benzene rings is 6. The van der Waals surface area contributed by atoms with Crippen molar-refractivity contribution in [1.82, 2.24) is 63.8 Å². The van der Waals surface area contributed by atoms with E-state index in [0.717, 1.165) is 44.2 Å². The molecule has 35 nitrogen and oxygen atoms in total. The molecule has 656 valence electrons. The molecule has 0 spiro atoms. The Balaban J connectivity index is 0.895. The van der Waals surface area contributed by atoms with Crippen LogP contribution in [0.5, 0.6) is 46.0 Å². The van der Waals surface area contributed by atoms with E-state index in [1.165, 1.54) is 73.8 Å². The van der Waals surface area contributed by atoms with Gasteiger partial charge in [0.25, 0.3) is 0 Å². The molecule has 123 heavy (non-hydrogen) atoms. The van der Waals surface area contributed by atoms with Crippen molar-refractivity contribution >= 4 is 65.0 Å². The number of aryl methyl sites for hydroxylation is 1. The van der Waals surface area contributed by atoms with Crippen LogP contribution in [0.2, 0.25) is 5.02 Å². The van der Waals surface area contributed by atoms with Crippen molar-refractivity contribution in [3.8, 4) is 57.1 Å². The number of hydrogen-bond acceptors (Lipinski definition) is 26. The molecule has 6 aromatic rings. The van der Waals surface area contributed by atoms with Crippen molar-refractivity contribution in [2.75, 3.05) is 53.0 Å². The number of aliphatic hydroxyl groups excluding tert-OH is 4. The van der Waals surface area contributed by atoms with Gasteiger partial charge in [0, 0.05) is 42.9 Å². The fourth-order valence-corrected chi connectivity index (χ4v) is 18.8. The highest BCUT2D eigenvalue weighted by atomic mass is 35.5. The zero-order valence-electron chi connectivity index (χ0n) is 68.4. The number of hydrogen-bond donors (Lipinski definition) is 19. The van der Waals surface area contributed by atoms with Crippen LogP contribution in [0.15, 0.2) is 97.1 Å². The summed E-state index contributed by atoms with van der Waals surface area (Å²) in [7, 11) is 1.53. The molecule has 19 N–H and O–H groups in total. The van der Waals surface area contributed by atoms with E-state index < -0.39 is 174 Å². The third-order valence-corrected chi connectivity index (χ3v) is 24.8. The Hall–Kier alpha value is -11.0. The highest BCUT2D eigenvalue weighted by Gasteiger charge is 2.54. The van der Waals surface area contributed by atoms with Crippen molar-refractivity contribution in [3.63, 3.8) is 0 Å². The summed E-state index contributed by atoms with van der Waals surface area (Å²) in [5, 5.41) is 119. The summed E-state index contributed by atoms with van der Waals surface area (Å²) >= 11 is 7.27. The Kier molecular flexibility index (Phi) is 25.8. The number of phenols is 1. The van der Waals surface area contributed by atoms with Gasteiger partial charge in [-0.3, -0.25) is 38.4 Å². The number of rotatable bonds is 23. The Morgan fingerprint density at radius 1 is 0.650 bits per heavy atom. The molecule has 6 aromatic carbocycles. The number of halogens is 1. The van der Waals surface area contributed by atoms with Crippen molar-refractivity contribution < 1.29 is 112 Å². The van der Waals surface area contributed by atoms with Gasteiger partial charge in [-0.15, -0.1) is 0 Å². The normalized spacial score (nSPS) is 28.0. The maximum atomic E-state index is 16.7. The Morgan fingerprint density at radius 2 is 1.28 bits per heavy atom. The molecule has 6 fully saturated rings. The summed E-state index contributed by atoms with van der Waals surface area (Å²) in [6, 6.07) is 7.44. The third-order valence-electron chi connectivity index (χ3n) is 24.5. The first-order valence-corrected chi connectivity index (χ1v) is 42.1. The van der Waals surface area contributed by atoms with Gasteiger partial charge in [0.2, 0.25) is 65.1 Å². The number of carbonyl (C=O) groups is 9. The predicted molar refractivity (Wildman–Crippen MR) is 438 cm³/mol. The number of aliphatic hydroxyl groups is 6. The molecular weight excluding hydrogens is 1620 g/mol. The van der Waals surface area contributed by atoms with Gasteiger partial charge >= 0.3 is 6.09 Å². The van der Waals surface area contributed by atoms with Gasteiger partial charge in [-0.1, -0.05) is 63.6 Å². The summed E-state index contributed by atoms with van der Waals surface area (Å²) < 4.78 is 44.1. The third kappa shape index (κ3) is 18.4. The molecule has 9 amide bonds. The number of likely N-dealkylation sites (N-methyl/N-ethyl adjacent to an activating group) is 3. The molecule has 14 atom stereocenters. The SMILES string of the molecule is CCNCCOc1cc(CNC(=O)CC2NC(=O)C(NC(=O)C(CC(C)C)NC)C(O)c3ccc(c(C)c3)Oc3cc4cc(c3OC3OC5CNC(=O)OC5C(O)C3O)Oc3ccc(cc3Cl)C(O)C3NC(=O)C(NC(=O)C4NC2=O)c2ccc4c(c2)-c2c(cc(O)cc2C4(O)O)C(C(=O)NC2C4CC5CC(C4)CC2C5)NC3=O)cc(OCCNCC)c1. The highest BCUT2D eigenvalue weighted by Crippen LogP contribution is 2.56. The standard InChI is InChI=1S/C87H103ClN12O23/c1-7-90-15-17-117-50-26-42(27-51(34-50)118-18-16-91-8-2)36-92-64(102)35-58-79(108)96-68-48-30-61(119-59-13-10-44(20-39(59)5)72(103)70(83(112)94-58)99-78(107)57(89-6)19-38(3)4)76(122-85-75(106)74(105)77-63(121-85)37-93-86(114)123-77)62(31-48)120-60-14-11-45(29-56(60)88)73(104)71-84(113)98-69(82(111)95-66-46-22-40-21-41(24-46)25-47(66)23-40)53-32-49(101)33-55-65(53)52-28-43(9-12-54(52)87(55,115)116)67(80(109)100-71)97-81(68)110/h9-14,20,26-34,38,40-41,46-47,57-58,63,66-75,77,85,89-91,101,103-106,115-116H,7-8,15-19,21-25,35-37H2,1-6H3,(H,92,102)(H,93,114)(H,94,112)(H,95,111)(H,96,108)(H,97,110)(H,98,113)(H,99,107)(H,100,109). The van der Waals surface area contributed by atoms with Crippen LogP contribution in [0.1, 0.15) is 153 Å². The van der Waals surface area contributed by atoms with E-state index in [9.17, 15) is 45.3 Å². The van der Waals surface area contributed by atoms with Crippen LogP contribution in [0.25, 0.3) is 11.1 Å². The fraction of sp³-hybridized carbons (Fsp3) is 0.483. The van der Waals surface area contributed by atoms with E-state index in [1.54, 1.807) is 25.1 Å². The highest BCUT2D eigenvalue weighted by molar-refractivity contribution is 6.32. The van der Waals surface area contributed by atoms with Gasteiger partial charge in [0.15, 0.2) is 17.6 Å². The minimum absolute atomic E-state index is 0.00130. The second kappa shape index (κ2) is 36.5. The van der Waals surface area contributed by atoms with E-state index in [1.807, 2.05) is 27.7 Å². The van der Waals surface area contributed by atoms with E-state index in [4.69, 9.17) is 44.8 Å². The Labute approximate surface area is 712 Å². The molecule has 0 aromatic heterocycles. The number of carbonyl (C=O) groups excluding carboxylic acids is 9. The first kappa shape index (κ1) is 87.0. The van der Waals surface area contributed by atoms with E-state index in [2.05, 4.69) is 63.8 Å². The Bertz CT molecular complexity index is 5030. The molecule has 0 radical (unpaired) electrons. The first-order valence-electron chi connectivity index (χ1n) is 41.7. The lowest BCUT2D eigenvalue weighted by Gasteiger charge is -2.54. The predicted octanol–water partition coefficient (Wildman–Crippen LogP) is 3.03. The molecule has 5 aliphatic carbocycles. The van der Waals surface area contributed by atoms with Gasteiger partial charge < -0.3 is 133 Å². The van der Waals surface area contributed by atoms with Gasteiger partial charge in [0.1, 0.15) is 109 Å². The molecule has 15 bridgehead atoms.